The summed E-state index contributed by atoms with van der Waals surface area (Å²) in [6.07, 6.45) is -2.64. The van der Waals surface area contributed by atoms with Crippen LogP contribution >= 0.6 is 0 Å². The minimum Gasteiger partial charge on any atom is -0.354 e. The zero-order valence-corrected chi connectivity index (χ0v) is 16.1. The van der Waals surface area contributed by atoms with Crippen molar-refractivity contribution in [2.45, 2.75) is 44.2 Å². The van der Waals surface area contributed by atoms with Gasteiger partial charge in [0, 0.05) is 25.4 Å². The molecule has 158 valence electrons. The lowest BCUT2D eigenvalue weighted by atomic mass is 9.98. The summed E-state index contributed by atoms with van der Waals surface area (Å²) >= 11 is 0. The average molecular weight is 415 g/mol. The molecule has 1 aromatic heterocycles. The lowest BCUT2D eigenvalue weighted by molar-refractivity contribution is -0.136. The van der Waals surface area contributed by atoms with Crippen molar-refractivity contribution in [2.75, 3.05) is 20.1 Å². The molecule has 1 aromatic carbocycles. The van der Waals surface area contributed by atoms with Crippen LogP contribution < -0.4 is 10.6 Å². The number of hydrogen-bond donors (Lipinski definition) is 2. The monoisotopic (exact) mass is 415 g/mol. The minimum atomic E-state index is -4.50. The van der Waals surface area contributed by atoms with Gasteiger partial charge < -0.3 is 10.6 Å². The molecule has 2 fully saturated rings. The number of fused-ring (bicyclic) bond motifs is 1. The summed E-state index contributed by atoms with van der Waals surface area (Å²) < 4.78 is 63.9. The number of nitrogens with zero attached hydrogens (tertiary/aromatic N) is 1. The number of benzene rings is 1. The number of aryl methyl sites for hydroxylation is 1. The fourth-order valence-corrected chi connectivity index (χ4v) is 3.26. The Morgan fingerprint density at radius 2 is 1.93 bits per heavy atom. The molecule has 1 aliphatic carbocycles. The molecule has 1 saturated heterocycles. The van der Waals surface area contributed by atoms with Crippen molar-refractivity contribution in [3.63, 3.8) is 0 Å². The summed E-state index contributed by atoms with van der Waals surface area (Å²) in [6.45, 7) is 2.04. The van der Waals surface area contributed by atoms with Crippen molar-refractivity contribution in [3.8, 4) is 0 Å². The van der Waals surface area contributed by atoms with Crippen LogP contribution in [0.5, 0.6) is 0 Å². The Labute approximate surface area is 164 Å². The third-order valence-corrected chi connectivity index (χ3v) is 5.01. The van der Waals surface area contributed by atoms with E-state index in [-0.39, 0.29) is 30.1 Å². The molecule has 1 amide bonds. The Hall–Kier alpha value is -2.29. The second kappa shape index (κ2) is 7.85. The van der Waals surface area contributed by atoms with Crippen molar-refractivity contribution >= 4 is 16.8 Å². The smallest absolute Gasteiger partial charge is 0.354 e. The predicted octanol–water partition coefficient (Wildman–Crippen LogP) is 4.41. The number of nitrogens with one attached hydrogen (secondary N) is 2. The van der Waals surface area contributed by atoms with Crippen LogP contribution in [-0.2, 0) is 6.18 Å². The summed E-state index contributed by atoms with van der Waals surface area (Å²) in [5, 5.41) is 5.41. The van der Waals surface area contributed by atoms with Crippen LogP contribution in [0.4, 0.5) is 22.0 Å². The number of hydrogen-bond acceptors (Lipinski definition) is 3. The van der Waals surface area contributed by atoms with Crippen molar-refractivity contribution in [2.24, 2.45) is 0 Å². The molecule has 0 bridgehead atoms. The molecular formula is C20H22F5N3O. The van der Waals surface area contributed by atoms with Crippen molar-refractivity contribution < 1.29 is 26.7 Å². The van der Waals surface area contributed by atoms with Gasteiger partial charge in [-0.3, -0.25) is 4.79 Å². The average Bonchev–Trinajstić information content (AvgIpc) is 3.42. The first-order chi connectivity index (χ1) is 13.5. The predicted molar refractivity (Wildman–Crippen MR) is 99.3 cm³/mol. The maximum Gasteiger partial charge on any atom is 0.418 e. The van der Waals surface area contributed by atoms with Crippen molar-refractivity contribution in [1.29, 1.82) is 0 Å². The van der Waals surface area contributed by atoms with Gasteiger partial charge >= 0.3 is 6.18 Å². The summed E-state index contributed by atoms with van der Waals surface area (Å²) in [7, 11) is 1.42. The summed E-state index contributed by atoms with van der Waals surface area (Å²) in [5.74, 6) is -2.70. The lowest BCUT2D eigenvalue weighted by Gasteiger charge is -2.14. The Morgan fingerprint density at radius 1 is 1.24 bits per heavy atom. The fourth-order valence-electron chi connectivity index (χ4n) is 3.26. The van der Waals surface area contributed by atoms with E-state index in [1.54, 1.807) is 13.0 Å². The molecule has 2 aliphatic rings. The summed E-state index contributed by atoms with van der Waals surface area (Å²) in [4.78, 5) is 15.7. The maximum absolute atomic E-state index is 13.4. The Bertz CT molecular complexity index is 914. The van der Waals surface area contributed by atoms with E-state index in [1.807, 2.05) is 0 Å². The molecule has 0 spiro atoms. The standard InChI is InChI=1S/C16H15F3N2O.C4H7F2N/c1-8-5-13(15(22)20-2)21-14-11(8)6-10(9-3-4-9)7-12(14)16(17,18)19;5-4(6)1-2-7-3-4/h5-7,9H,3-4H2,1-2H3,(H,20,22);7H,1-3H2. The van der Waals surface area contributed by atoms with E-state index in [9.17, 15) is 26.7 Å². The second-order valence-electron chi connectivity index (χ2n) is 7.42. The minimum absolute atomic E-state index is 0.00262. The highest BCUT2D eigenvalue weighted by Crippen LogP contribution is 2.44. The summed E-state index contributed by atoms with van der Waals surface area (Å²) in [6, 6.07) is 4.48. The van der Waals surface area contributed by atoms with E-state index >= 15 is 0 Å². The highest BCUT2D eigenvalue weighted by Gasteiger charge is 2.36. The van der Waals surface area contributed by atoms with Crippen LogP contribution in [0.15, 0.2) is 18.2 Å². The van der Waals surface area contributed by atoms with Gasteiger partial charge in [-0.25, -0.2) is 13.8 Å². The number of aromatic nitrogens is 1. The van der Waals surface area contributed by atoms with Crippen LogP contribution in [-0.4, -0.2) is 37.0 Å². The van der Waals surface area contributed by atoms with Gasteiger partial charge in [-0.15, -0.1) is 0 Å². The van der Waals surface area contributed by atoms with Gasteiger partial charge in [-0.1, -0.05) is 0 Å². The SMILES string of the molecule is CNC(=O)c1cc(C)c2cc(C3CC3)cc(C(F)(F)F)c2n1.FC1(F)CCNC1. The zero-order chi connectivity index (χ0) is 21.4. The largest absolute Gasteiger partial charge is 0.418 e. The molecular weight excluding hydrogens is 393 g/mol. The number of halogens is 5. The third-order valence-electron chi connectivity index (χ3n) is 5.01. The second-order valence-corrected chi connectivity index (χ2v) is 7.42. The van der Waals surface area contributed by atoms with E-state index < -0.39 is 23.6 Å². The zero-order valence-electron chi connectivity index (χ0n) is 16.1. The van der Waals surface area contributed by atoms with E-state index in [0.717, 1.165) is 12.8 Å². The molecule has 4 nitrogen and oxygen atoms in total. The van der Waals surface area contributed by atoms with Gasteiger partial charge in [0.1, 0.15) is 5.69 Å². The molecule has 0 atom stereocenters. The number of carbonyl (C=O) groups excluding carboxylic acids is 1. The molecule has 0 radical (unpaired) electrons. The maximum atomic E-state index is 13.4. The van der Waals surface area contributed by atoms with Crippen LogP contribution in [0.2, 0.25) is 0 Å². The van der Waals surface area contributed by atoms with Gasteiger partial charge in [0.15, 0.2) is 0 Å². The number of amides is 1. The van der Waals surface area contributed by atoms with Gasteiger partial charge in [-0.05, 0) is 55.0 Å². The molecule has 29 heavy (non-hydrogen) atoms. The highest BCUT2D eigenvalue weighted by atomic mass is 19.4. The molecule has 4 rings (SSSR count). The van der Waals surface area contributed by atoms with Gasteiger partial charge in [0.05, 0.1) is 17.6 Å². The molecule has 2 aromatic rings. The number of pyridine rings is 1. The van der Waals surface area contributed by atoms with Crippen LogP contribution in [0, 0.1) is 6.92 Å². The first-order valence-corrected chi connectivity index (χ1v) is 9.35. The number of alkyl halides is 5. The summed E-state index contributed by atoms with van der Waals surface area (Å²) in [5.41, 5.74) is 0.405. The fraction of sp³-hybridized carbons (Fsp3) is 0.500. The third kappa shape index (κ3) is 5.01. The van der Waals surface area contributed by atoms with Gasteiger partial charge in [0.2, 0.25) is 0 Å². The van der Waals surface area contributed by atoms with E-state index in [4.69, 9.17) is 0 Å². The van der Waals surface area contributed by atoms with Crippen molar-refractivity contribution in [1.82, 2.24) is 15.6 Å². The molecule has 1 saturated carbocycles. The van der Waals surface area contributed by atoms with E-state index in [1.165, 1.54) is 19.2 Å². The Balaban J connectivity index is 0.000000290. The van der Waals surface area contributed by atoms with Crippen LogP contribution in [0.1, 0.15) is 52.4 Å². The molecule has 1 aliphatic heterocycles. The molecule has 0 unspecified atom stereocenters. The normalized spacial score (nSPS) is 18.3. The van der Waals surface area contributed by atoms with Gasteiger partial charge in [0.25, 0.3) is 11.8 Å². The Kier molecular flexibility index (Phi) is 5.80. The molecule has 2 heterocycles. The first kappa shape index (κ1) is 21.4. The first-order valence-electron chi connectivity index (χ1n) is 9.35. The molecule has 2 N–H and O–H groups in total. The number of carbonyl (C=O) groups is 1. The highest BCUT2D eigenvalue weighted by molar-refractivity contribution is 5.96. The lowest BCUT2D eigenvalue weighted by Crippen LogP contribution is -2.20. The topological polar surface area (TPSA) is 54.0 Å². The molecule has 9 heteroatoms. The van der Waals surface area contributed by atoms with Crippen LogP contribution in [0.25, 0.3) is 10.9 Å². The van der Waals surface area contributed by atoms with E-state index in [0.29, 0.717) is 23.1 Å². The quantitative estimate of drug-likeness (QED) is 0.715. The number of rotatable bonds is 2. The van der Waals surface area contributed by atoms with Crippen molar-refractivity contribution in [3.05, 3.63) is 40.6 Å². The van der Waals surface area contributed by atoms with E-state index in [2.05, 4.69) is 15.6 Å². The Morgan fingerprint density at radius 3 is 2.38 bits per heavy atom. The van der Waals surface area contributed by atoms with Gasteiger partial charge in [-0.2, -0.15) is 13.2 Å². The van der Waals surface area contributed by atoms with Crippen LogP contribution in [0.3, 0.4) is 0 Å².